The highest BCUT2D eigenvalue weighted by Gasteiger charge is 2.48. The van der Waals surface area contributed by atoms with Crippen molar-refractivity contribution < 1.29 is 23.4 Å². The molecule has 2 atom stereocenters. The summed E-state index contributed by atoms with van der Waals surface area (Å²) < 4.78 is 32.2. The molecule has 1 aliphatic heterocycles. The largest absolute Gasteiger partial charge is 0.465 e. The van der Waals surface area contributed by atoms with Crippen LogP contribution in [0.1, 0.15) is 19.4 Å². The lowest BCUT2D eigenvalue weighted by Gasteiger charge is -2.31. The normalized spacial score (nSPS) is 24.1. The van der Waals surface area contributed by atoms with Gasteiger partial charge in [0.25, 0.3) is 0 Å². The summed E-state index contributed by atoms with van der Waals surface area (Å²) in [7, 11) is 0. The van der Waals surface area contributed by atoms with Crippen LogP contribution in [0, 0.1) is 11.6 Å². The standard InChI is InChI=1S/C15H17F2NO3/c1-4-13-12(18(14(19)20)15(2,3)21-13)7-9-5-10(16)8-11(17)6-9/h4-6,8,12-13H,1,7H2,2-3H3,(H,19,20)/t12-,13-/m0/s1. The van der Waals surface area contributed by atoms with E-state index in [1.807, 2.05) is 0 Å². The van der Waals surface area contributed by atoms with Gasteiger partial charge in [0.1, 0.15) is 17.4 Å². The molecule has 0 aliphatic carbocycles. The summed E-state index contributed by atoms with van der Waals surface area (Å²) in [5.74, 6) is -1.39. The summed E-state index contributed by atoms with van der Waals surface area (Å²) >= 11 is 0. The van der Waals surface area contributed by atoms with Crippen molar-refractivity contribution in [1.82, 2.24) is 4.90 Å². The van der Waals surface area contributed by atoms with Gasteiger partial charge in [-0.05, 0) is 38.0 Å². The molecule has 6 heteroatoms. The zero-order valence-electron chi connectivity index (χ0n) is 11.8. The first kappa shape index (κ1) is 15.4. The maximum atomic E-state index is 13.3. The smallest absolute Gasteiger partial charge is 0.409 e. The summed E-state index contributed by atoms with van der Waals surface area (Å²) in [5, 5.41) is 9.38. The molecule has 2 rings (SSSR count). The Morgan fingerprint density at radius 3 is 2.48 bits per heavy atom. The average Bonchev–Trinajstić information content (AvgIpc) is 2.58. The highest BCUT2D eigenvalue weighted by atomic mass is 19.1. The fourth-order valence-electron chi connectivity index (χ4n) is 2.77. The van der Waals surface area contributed by atoms with Crippen LogP contribution in [0.25, 0.3) is 0 Å². The van der Waals surface area contributed by atoms with Crippen LogP contribution in [0.3, 0.4) is 0 Å². The first-order valence-corrected chi connectivity index (χ1v) is 6.52. The number of ether oxygens (including phenoxy) is 1. The zero-order valence-corrected chi connectivity index (χ0v) is 11.8. The van der Waals surface area contributed by atoms with Crippen molar-refractivity contribution in [2.75, 3.05) is 0 Å². The summed E-state index contributed by atoms with van der Waals surface area (Å²) in [6, 6.07) is 2.57. The molecule has 0 bridgehead atoms. The van der Waals surface area contributed by atoms with Gasteiger partial charge in [-0.2, -0.15) is 0 Å². The minimum atomic E-state index is -1.15. The first-order chi connectivity index (χ1) is 9.74. The molecule has 1 fully saturated rings. The predicted molar refractivity (Wildman–Crippen MR) is 72.9 cm³/mol. The molecule has 0 spiro atoms. The Hall–Kier alpha value is -1.95. The van der Waals surface area contributed by atoms with E-state index >= 15 is 0 Å². The summed E-state index contributed by atoms with van der Waals surface area (Å²) in [6.07, 6.45) is -0.0415. The lowest BCUT2D eigenvalue weighted by molar-refractivity contribution is -0.0559. The second kappa shape index (κ2) is 5.44. The second-order valence-electron chi connectivity index (χ2n) is 5.47. The highest BCUT2D eigenvalue weighted by Crippen LogP contribution is 2.34. The molecule has 114 valence electrons. The number of hydrogen-bond acceptors (Lipinski definition) is 2. The average molecular weight is 297 g/mol. The first-order valence-electron chi connectivity index (χ1n) is 6.52. The van der Waals surface area contributed by atoms with Gasteiger partial charge in [0.05, 0.1) is 12.1 Å². The van der Waals surface area contributed by atoms with Gasteiger partial charge < -0.3 is 9.84 Å². The van der Waals surface area contributed by atoms with Crippen molar-refractivity contribution in [3.63, 3.8) is 0 Å². The molecule has 0 radical (unpaired) electrons. The van der Waals surface area contributed by atoms with Crippen LogP contribution in [0.4, 0.5) is 13.6 Å². The summed E-state index contributed by atoms with van der Waals surface area (Å²) in [6.45, 7) is 6.89. The molecule has 0 unspecified atom stereocenters. The van der Waals surface area contributed by atoms with Gasteiger partial charge in [0.2, 0.25) is 0 Å². The maximum absolute atomic E-state index is 13.3. The van der Waals surface area contributed by atoms with Crippen LogP contribution in [0.15, 0.2) is 30.9 Å². The van der Waals surface area contributed by atoms with E-state index in [1.165, 1.54) is 18.2 Å². The van der Waals surface area contributed by atoms with Crippen LogP contribution in [-0.4, -0.2) is 34.0 Å². The fraction of sp³-hybridized carbons (Fsp3) is 0.400. The maximum Gasteiger partial charge on any atom is 0.409 e. The van der Waals surface area contributed by atoms with Crippen molar-refractivity contribution in [2.24, 2.45) is 0 Å². The van der Waals surface area contributed by atoms with Gasteiger partial charge in [-0.3, -0.25) is 4.90 Å². The lowest BCUT2D eigenvalue weighted by atomic mass is 10.00. The zero-order chi connectivity index (χ0) is 15.8. The van der Waals surface area contributed by atoms with E-state index in [9.17, 15) is 18.7 Å². The summed E-state index contributed by atoms with van der Waals surface area (Å²) in [5.41, 5.74) is -0.654. The van der Waals surface area contributed by atoms with Crippen molar-refractivity contribution in [3.05, 3.63) is 48.1 Å². The molecule has 1 amide bonds. The highest BCUT2D eigenvalue weighted by molar-refractivity contribution is 5.67. The van der Waals surface area contributed by atoms with Crippen LogP contribution in [0.5, 0.6) is 0 Å². The third-order valence-electron chi connectivity index (χ3n) is 3.52. The van der Waals surface area contributed by atoms with Crippen LogP contribution in [-0.2, 0) is 11.2 Å². The number of halogens is 2. The third kappa shape index (κ3) is 3.05. The third-order valence-corrected chi connectivity index (χ3v) is 3.52. The van der Waals surface area contributed by atoms with E-state index < -0.39 is 35.6 Å². The molecule has 4 nitrogen and oxygen atoms in total. The van der Waals surface area contributed by atoms with E-state index in [1.54, 1.807) is 13.8 Å². The number of rotatable bonds is 3. The lowest BCUT2D eigenvalue weighted by Crippen LogP contribution is -2.48. The SMILES string of the molecule is C=C[C@@H]1OC(C)(C)N(C(=O)O)[C@H]1Cc1cc(F)cc(F)c1. The molecule has 1 aromatic rings. The Morgan fingerprint density at radius 1 is 1.43 bits per heavy atom. The number of amides is 1. The fourth-order valence-corrected chi connectivity index (χ4v) is 2.77. The van der Waals surface area contributed by atoms with Gasteiger partial charge in [0, 0.05) is 6.07 Å². The summed E-state index contributed by atoms with van der Waals surface area (Å²) in [4.78, 5) is 12.6. The Kier molecular flexibility index (Phi) is 4.00. The second-order valence-corrected chi connectivity index (χ2v) is 5.47. The number of nitrogens with zero attached hydrogens (tertiary/aromatic N) is 1. The van der Waals surface area contributed by atoms with Gasteiger partial charge >= 0.3 is 6.09 Å². The number of carbonyl (C=O) groups is 1. The molecule has 1 N–H and O–H groups in total. The molecule has 21 heavy (non-hydrogen) atoms. The number of benzene rings is 1. The van der Waals surface area contributed by atoms with Crippen molar-refractivity contribution >= 4 is 6.09 Å². The van der Waals surface area contributed by atoms with Crippen molar-refractivity contribution in [1.29, 1.82) is 0 Å². The quantitative estimate of drug-likeness (QED) is 0.872. The van der Waals surface area contributed by atoms with Crippen LogP contribution in [0.2, 0.25) is 0 Å². The Balaban J connectivity index is 2.34. The Labute approximate surface area is 121 Å². The van der Waals surface area contributed by atoms with Gasteiger partial charge in [0.15, 0.2) is 0 Å². The van der Waals surface area contributed by atoms with Gasteiger partial charge in [-0.25, -0.2) is 13.6 Å². The molecule has 0 aromatic heterocycles. The minimum absolute atomic E-state index is 0.140. The van der Waals surface area contributed by atoms with E-state index in [0.29, 0.717) is 5.56 Å². The van der Waals surface area contributed by atoms with Crippen molar-refractivity contribution in [3.8, 4) is 0 Å². The predicted octanol–water partition coefficient (Wildman–Crippen LogP) is 3.18. The van der Waals surface area contributed by atoms with E-state index in [4.69, 9.17) is 4.74 Å². The van der Waals surface area contributed by atoms with Gasteiger partial charge in [-0.15, -0.1) is 6.58 Å². The monoisotopic (exact) mass is 297 g/mol. The molecule has 1 heterocycles. The molecule has 1 saturated heterocycles. The van der Waals surface area contributed by atoms with E-state index in [-0.39, 0.29) is 6.42 Å². The molecular formula is C15H17F2NO3. The van der Waals surface area contributed by atoms with E-state index in [2.05, 4.69) is 6.58 Å². The number of carboxylic acid groups (broad SMARTS) is 1. The van der Waals surface area contributed by atoms with Gasteiger partial charge in [-0.1, -0.05) is 6.08 Å². The molecule has 1 aromatic carbocycles. The number of hydrogen-bond donors (Lipinski definition) is 1. The van der Waals surface area contributed by atoms with Crippen molar-refractivity contribution in [2.45, 2.75) is 38.1 Å². The Morgan fingerprint density at radius 2 is 2.00 bits per heavy atom. The van der Waals surface area contributed by atoms with Crippen LogP contribution >= 0.6 is 0 Å². The Bertz CT molecular complexity index is 554. The van der Waals surface area contributed by atoms with E-state index in [0.717, 1.165) is 11.0 Å². The topological polar surface area (TPSA) is 49.8 Å². The molecule has 0 saturated carbocycles. The van der Waals surface area contributed by atoms with Crippen LogP contribution < -0.4 is 0 Å². The molecular weight excluding hydrogens is 280 g/mol. The minimum Gasteiger partial charge on any atom is -0.465 e. The molecule has 1 aliphatic rings.